The Morgan fingerprint density at radius 2 is 1.56 bits per heavy atom. The summed E-state index contributed by atoms with van der Waals surface area (Å²) in [5.74, 6) is 1.15. The number of methoxy groups -OCH3 is 1. The SMILES string of the molecule is COc1cc(/C=C(\C#N)C(=O)Nc2ccc(OCc3ccc(Br)cc3)cc2)cc(Br)c1OCc1ccc(C)c(C)c1. The second-order valence-electron chi connectivity index (χ2n) is 9.30. The van der Waals surface area contributed by atoms with Crippen molar-refractivity contribution >= 4 is 49.5 Å². The van der Waals surface area contributed by atoms with Crippen LogP contribution < -0.4 is 19.5 Å². The number of rotatable bonds is 10. The number of halogens is 2. The minimum absolute atomic E-state index is 0.0571. The van der Waals surface area contributed by atoms with Gasteiger partial charge in [-0.2, -0.15) is 5.26 Å². The van der Waals surface area contributed by atoms with Crippen molar-refractivity contribution < 1.29 is 19.0 Å². The van der Waals surface area contributed by atoms with Crippen molar-refractivity contribution in [3.05, 3.63) is 121 Å². The first-order chi connectivity index (χ1) is 19.7. The molecule has 6 nitrogen and oxygen atoms in total. The van der Waals surface area contributed by atoms with Gasteiger partial charge in [0.05, 0.1) is 11.6 Å². The van der Waals surface area contributed by atoms with Gasteiger partial charge in [-0.15, -0.1) is 0 Å². The Labute approximate surface area is 256 Å². The van der Waals surface area contributed by atoms with Crippen molar-refractivity contribution in [3.63, 3.8) is 0 Å². The molecular formula is C33H28Br2N2O4. The first-order valence-corrected chi connectivity index (χ1v) is 14.3. The molecule has 0 saturated heterocycles. The lowest BCUT2D eigenvalue weighted by atomic mass is 10.1. The fraction of sp³-hybridized carbons (Fsp3) is 0.152. The molecule has 1 N–H and O–H groups in total. The smallest absolute Gasteiger partial charge is 0.266 e. The van der Waals surface area contributed by atoms with Crippen LogP contribution in [-0.4, -0.2) is 13.0 Å². The fourth-order valence-corrected chi connectivity index (χ4v) is 4.75. The van der Waals surface area contributed by atoms with Crippen LogP contribution in [0.1, 0.15) is 27.8 Å². The maximum Gasteiger partial charge on any atom is 0.266 e. The second kappa shape index (κ2) is 14.0. The quantitative estimate of drug-likeness (QED) is 0.135. The van der Waals surface area contributed by atoms with E-state index in [9.17, 15) is 10.1 Å². The van der Waals surface area contributed by atoms with Crippen molar-refractivity contribution in [1.29, 1.82) is 5.26 Å². The molecule has 0 aromatic heterocycles. The van der Waals surface area contributed by atoms with Crippen LogP contribution in [0.5, 0.6) is 17.2 Å². The second-order valence-corrected chi connectivity index (χ2v) is 11.1. The summed E-state index contributed by atoms with van der Waals surface area (Å²) >= 11 is 6.97. The maximum atomic E-state index is 12.9. The number of hydrogen-bond donors (Lipinski definition) is 1. The van der Waals surface area contributed by atoms with E-state index < -0.39 is 5.91 Å². The van der Waals surface area contributed by atoms with Crippen molar-refractivity contribution in [2.45, 2.75) is 27.1 Å². The largest absolute Gasteiger partial charge is 0.493 e. The molecule has 0 aliphatic carbocycles. The highest BCUT2D eigenvalue weighted by atomic mass is 79.9. The molecule has 1 amide bonds. The summed E-state index contributed by atoms with van der Waals surface area (Å²) in [7, 11) is 1.54. The van der Waals surface area contributed by atoms with Gasteiger partial charge >= 0.3 is 0 Å². The van der Waals surface area contributed by atoms with E-state index in [1.807, 2.05) is 36.4 Å². The molecule has 8 heteroatoms. The average Bonchev–Trinajstić information content (AvgIpc) is 2.97. The van der Waals surface area contributed by atoms with Crippen molar-refractivity contribution in [3.8, 4) is 23.3 Å². The number of anilines is 1. The van der Waals surface area contributed by atoms with E-state index in [-0.39, 0.29) is 5.57 Å². The molecule has 0 spiro atoms. The third-order valence-electron chi connectivity index (χ3n) is 6.31. The Balaban J connectivity index is 1.41. The van der Waals surface area contributed by atoms with E-state index in [1.165, 1.54) is 17.2 Å². The van der Waals surface area contributed by atoms with Gasteiger partial charge in [0.25, 0.3) is 5.91 Å². The van der Waals surface area contributed by atoms with Crippen LogP contribution in [0, 0.1) is 25.2 Å². The zero-order valence-corrected chi connectivity index (χ0v) is 26.0. The van der Waals surface area contributed by atoms with Crippen LogP contribution >= 0.6 is 31.9 Å². The molecule has 0 bridgehead atoms. The predicted molar refractivity (Wildman–Crippen MR) is 168 cm³/mol. The number of ether oxygens (including phenoxy) is 3. The molecule has 4 rings (SSSR count). The van der Waals surface area contributed by atoms with Gasteiger partial charge in [-0.25, -0.2) is 0 Å². The number of aryl methyl sites for hydroxylation is 2. The standard InChI is InChI=1S/C33H28Br2N2O4/c1-21-4-5-24(14-22(21)2)20-41-32-30(35)16-25(17-31(32)39-3)15-26(18-36)33(38)37-28-10-12-29(13-11-28)40-19-23-6-8-27(34)9-7-23/h4-17H,19-20H2,1-3H3,(H,37,38)/b26-15+. The summed E-state index contributed by atoms with van der Waals surface area (Å²) < 4.78 is 19.1. The maximum absolute atomic E-state index is 12.9. The highest BCUT2D eigenvalue weighted by molar-refractivity contribution is 9.10. The molecule has 41 heavy (non-hydrogen) atoms. The summed E-state index contributed by atoms with van der Waals surface area (Å²) in [6.07, 6.45) is 1.51. The molecule has 208 valence electrons. The van der Waals surface area contributed by atoms with Crippen molar-refractivity contribution in [2.75, 3.05) is 12.4 Å². The number of amides is 1. The predicted octanol–water partition coefficient (Wildman–Crippen LogP) is 8.54. The molecule has 4 aromatic carbocycles. The Hall–Kier alpha value is -4.06. The normalized spacial score (nSPS) is 11.0. The summed E-state index contributed by atoms with van der Waals surface area (Å²) in [4.78, 5) is 12.9. The third-order valence-corrected chi connectivity index (χ3v) is 7.43. The summed E-state index contributed by atoms with van der Waals surface area (Å²) in [6, 6.07) is 26.5. The molecule has 0 fully saturated rings. The Bertz CT molecular complexity index is 1610. The van der Waals surface area contributed by atoms with Crippen LogP contribution in [0.4, 0.5) is 5.69 Å². The first kappa shape index (κ1) is 29.9. The zero-order valence-electron chi connectivity index (χ0n) is 22.8. The highest BCUT2D eigenvalue weighted by Gasteiger charge is 2.15. The Morgan fingerprint density at radius 3 is 2.22 bits per heavy atom. The molecule has 0 saturated carbocycles. The van der Waals surface area contributed by atoms with Gasteiger partial charge in [-0.1, -0.05) is 46.3 Å². The van der Waals surface area contributed by atoms with Crippen LogP contribution in [0.25, 0.3) is 6.08 Å². The summed E-state index contributed by atoms with van der Waals surface area (Å²) in [5, 5.41) is 12.5. The molecule has 0 unspecified atom stereocenters. The van der Waals surface area contributed by atoms with Gasteiger partial charge in [0.15, 0.2) is 11.5 Å². The lowest BCUT2D eigenvalue weighted by Crippen LogP contribution is -2.13. The van der Waals surface area contributed by atoms with Crippen LogP contribution in [0.15, 0.2) is 93.4 Å². The van der Waals surface area contributed by atoms with Crippen LogP contribution in [0.3, 0.4) is 0 Å². The van der Waals surface area contributed by atoms with Crippen LogP contribution in [0.2, 0.25) is 0 Å². The van der Waals surface area contributed by atoms with Crippen molar-refractivity contribution in [1.82, 2.24) is 0 Å². The number of benzene rings is 4. The number of nitrogens with zero attached hydrogens (tertiary/aromatic N) is 1. The van der Waals surface area contributed by atoms with Gasteiger partial charge in [0, 0.05) is 10.2 Å². The van der Waals surface area contributed by atoms with Gasteiger partial charge in [-0.05, 0) is 112 Å². The van der Waals surface area contributed by atoms with Gasteiger partial charge in [0.2, 0.25) is 0 Å². The zero-order chi connectivity index (χ0) is 29.4. The summed E-state index contributed by atoms with van der Waals surface area (Å²) in [5.41, 5.74) is 5.59. The Morgan fingerprint density at radius 1 is 0.878 bits per heavy atom. The van der Waals surface area contributed by atoms with Gasteiger partial charge < -0.3 is 19.5 Å². The number of hydrogen-bond acceptors (Lipinski definition) is 5. The van der Waals surface area contributed by atoms with E-state index in [0.29, 0.717) is 46.2 Å². The molecular weight excluding hydrogens is 648 g/mol. The van der Waals surface area contributed by atoms with E-state index in [1.54, 1.807) is 43.5 Å². The number of carbonyl (C=O) groups excluding carboxylic acids is 1. The van der Waals surface area contributed by atoms with E-state index in [2.05, 4.69) is 63.2 Å². The number of carbonyl (C=O) groups is 1. The van der Waals surface area contributed by atoms with E-state index in [4.69, 9.17) is 14.2 Å². The van der Waals surface area contributed by atoms with Crippen molar-refractivity contribution in [2.24, 2.45) is 0 Å². The topological polar surface area (TPSA) is 80.6 Å². The molecule has 0 aliphatic rings. The monoisotopic (exact) mass is 674 g/mol. The Kier molecular flexibility index (Phi) is 10.2. The number of nitriles is 1. The average molecular weight is 676 g/mol. The lowest BCUT2D eigenvalue weighted by Gasteiger charge is -2.14. The molecule has 0 radical (unpaired) electrons. The minimum atomic E-state index is -0.527. The summed E-state index contributed by atoms with van der Waals surface area (Å²) in [6.45, 7) is 4.93. The third kappa shape index (κ3) is 8.23. The van der Waals surface area contributed by atoms with Crippen LogP contribution in [-0.2, 0) is 18.0 Å². The van der Waals surface area contributed by atoms with Gasteiger partial charge in [-0.3, -0.25) is 4.79 Å². The first-order valence-electron chi connectivity index (χ1n) is 12.7. The van der Waals surface area contributed by atoms with Gasteiger partial charge in [0.1, 0.15) is 30.6 Å². The molecule has 0 atom stereocenters. The fourth-order valence-electron chi connectivity index (χ4n) is 3.91. The highest BCUT2D eigenvalue weighted by Crippen LogP contribution is 2.38. The van der Waals surface area contributed by atoms with E-state index in [0.717, 1.165) is 15.6 Å². The number of nitrogens with one attached hydrogen (secondary N) is 1. The molecule has 0 heterocycles. The molecule has 4 aromatic rings. The molecule has 0 aliphatic heterocycles. The minimum Gasteiger partial charge on any atom is -0.493 e. The van der Waals surface area contributed by atoms with E-state index >= 15 is 0 Å². The lowest BCUT2D eigenvalue weighted by molar-refractivity contribution is -0.112.